The monoisotopic (exact) mass is 626 g/mol. The van der Waals surface area contributed by atoms with Crippen LogP contribution in [0.3, 0.4) is 0 Å². The second-order valence-electron chi connectivity index (χ2n) is 6.28. The Hall–Kier alpha value is -2.43. The summed E-state index contributed by atoms with van der Waals surface area (Å²) in [7, 11) is 0. The van der Waals surface area contributed by atoms with Crippen molar-refractivity contribution in [2.24, 2.45) is 5.10 Å². The number of nitrogens with zero attached hydrogens (tertiary/aromatic N) is 1. The molecule has 0 aliphatic heterocycles. The molecule has 10 heteroatoms. The fraction of sp³-hybridized carbons (Fsp3) is 0.136. The van der Waals surface area contributed by atoms with Crippen molar-refractivity contribution in [2.75, 3.05) is 13.2 Å². The molecule has 0 fully saturated rings. The number of halogens is 3. The Morgan fingerprint density at radius 2 is 1.75 bits per heavy atom. The van der Waals surface area contributed by atoms with Crippen molar-refractivity contribution in [3.8, 4) is 17.1 Å². The molecule has 0 radical (unpaired) electrons. The Kier molecular flexibility index (Phi) is 8.66. The maximum absolute atomic E-state index is 12.0. The zero-order valence-corrected chi connectivity index (χ0v) is 21.5. The first-order valence-electron chi connectivity index (χ1n) is 9.34. The van der Waals surface area contributed by atoms with Gasteiger partial charge in [-0.1, -0.05) is 28.1 Å². The molecule has 0 unspecified atom stereocenters. The Morgan fingerprint density at radius 3 is 2.41 bits per heavy atom. The van der Waals surface area contributed by atoms with Crippen molar-refractivity contribution in [1.82, 2.24) is 5.43 Å². The first-order valence-corrected chi connectivity index (χ1v) is 11.7. The highest BCUT2D eigenvalue weighted by Gasteiger charge is 2.11. The highest BCUT2D eigenvalue weighted by atomic mass is 79.9. The molecular weight excluding hydrogens is 612 g/mol. The number of hydrogen-bond acceptors (Lipinski definition) is 6. The molecule has 1 N–H and O–H groups in total. The lowest BCUT2D eigenvalue weighted by molar-refractivity contribution is -0.123. The lowest BCUT2D eigenvalue weighted by Gasteiger charge is -2.09. The Morgan fingerprint density at radius 1 is 1.06 bits per heavy atom. The summed E-state index contributed by atoms with van der Waals surface area (Å²) in [6.45, 7) is 1.87. The van der Waals surface area contributed by atoms with Gasteiger partial charge >= 0.3 is 5.97 Å². The summed E-state index contributed by atoms with van der Waals surface area (Å²) in [6, 6.07) is 14.0. The average Bonchev–Trinajstić information content (AvgIpc) is 3.22. The van der Waals surface area contributed by atoms with Crippen molar-refractivity contribution < 1.29 is 23.5 Å². The highest BCUT2D eigenvalue weighted by molar-refractivity contribution is 9.11. The van der Waals surface area contributed by atoms with Crippen LogP contribution in [0.5, 0.6) is 5.75 Å². The highest BCUT2D eigenvalue weighted by Crippen LogP contribution is 2.36. The topological polar surface area (TPSA) is 90.1 Å². The van der Waals surface area contributed by atoms with Crippen LogP contribution >= 0.6 is 47.8 Å². The van der Waals surface area contributed by atoms with Gasteiger partial charge in [0.05, 0.1) is 27.3 Å². The summed E-state index contributed by atoms with van der Waals surface area (Å²) in [5.41, 5.74) is 3.65. The molecule has 32 heavy (non-hydrogen) atoms. The number of amides is 1. The summed E-state index contributed by atoms with van der Waals surface area (Å²) < 4.78 is 18.5. The van der Waals surface area contributed by atoms with Gasteiger partial charge in [-0.15, -0.1) is 0 Å². The third-order valence-corrected chi connectivity index (χ3v) is 5.63. The van der Waals surface area contributed by atoms with E-state index >= 15 is 0 Å². The lowest BCUT2D eigenvalue weighted by Crippen LogP contribution is -2.24. The van der Waals surface area contributed by atoms with Crippen molar-refractivity contribution >= 4 is 65.9 Å². The first-order chi connectivity index (χ1) is 15.4. The quantitative estimate of drug-likeness (QED) is 0.189. The van der Waals surface area contributed by atoms with Gasteiger partial charge in [0.2, 0.25) is 0 Å². The van der Waals surface area contributed by atoms with E-state index in [9.17, 15) is 9.59 Å². The maximum Gasteiger partial charge on any atom is 0.338 e. The molecule has 1 amide bonds. The summed E-state index contributed by atoms with van der Waals surface area (Å²) in [4.78, 5) is 23.7. The van der Waals surface area contributed by atoms with Gasteiger partial charge in [-0.3, -0.25) is 4.79 Å². The van der Waals surface area contributed by atoms with Crippen molar-refractivity contribution in [1.29, 1.82) is 0 Å². The van der Waals surface area contributed by atoms with Crippen LogP contribution in [0.15, 0.2) is 71.5 Å². The molecule has 1 heterocycles. The van der Waals surface area contributed by atoms with Crippen LogP contribution in [0.2, 0.25) is 0 Å². The predicted octanol–water partition coefficient (Wildman–Crippen LogP) is 5.94. The van der Waals surface area contributed by atoms with E-state index in [0.717, 1.165) is 10.0 Å². The smallest absolute Gasteiger partial charge is 0.338 e. The summed E-state index contributed by atoms with van der Waals surface area (Å²) in [5.74, 6) is 0.766. The van der Waals surface area contributed by atoms with Gasteiger partial charge in [-0.05, 0) is 75.2 Å². The minimum atomic E-state index is -0.427. The SMILES string of the molecule is CCOC(=O)c1ccc(-c2ccc(/C=N\NC(=O)COc3c(Br)cc(Br)cc3Br)o2)cc1. The van der Waals surface area contributed by atoms with Gasteiger partial charge in [-0.25, -0.2) is 10.2 Å². The maximum atomic E-state index is 12.0. The molecule has 3 aromatic rings. The van der Waals surface area contributed by atoms with Crippen molar-refractivity contribution in [3.63, 3.8) is 0 Å². The Labute approximate surface area is 209 Å². The van der Waals surface area contributed by atoms with Gasteiger partial charge in [0.25, 0.3) is 5.91 Å². The number of esters is 1. The summed E-state index contributed by atoms with van der Waals surface area (Å²) in [5, 5.41) is 3.89. The van der Waals surface area contributed by atoms with E-state index in [-0.39, 0.29) is 12.6 Å². The second-order valence-corrected chi connectivity index (χ2v) is 8.90. The van der Waals surface area contributed by atoms with Crippen molar-refractivity contribution in [3.05, 3.63) is 73.3 Å². The van der Waals surface area contributed by atoms with Crippen LogP contribution in [0, 0.1) is 0 Å². The lowest BCUT2D eigenvalue weighted by atomic mass is 10.1. The van der Waals surface area contributed by atoms with E-state index in [1.807, 2.05) is 12.1 Å². The van der Waals surface area contributed by atoms with Gasteiger partial charge < -0.3 is 13.9 Å². The molecule has 2 aromatic carbocycles. The normalized spacial score (nSPS) is 10.9. The van der Waals surface area contributed by atoms with E-state index in [1.165, 1.54) is 6.21 Å². The minimum absolute atomic E-state index is 0.216. The van der Waals surface area contributed by atoms with Crippen LogP contribution in [0.25, 0.3) is 11.3 Å². The number of carbonyl (C=O) groups is 2. The van der Waals surface area contributed by atoms with Gasteiger partial charge in [0, 0.05) is 10.0 Å². The third kappa shape index (κ3) is 6.54. The van der Waals surface area contributed by atoms with E-state index in [1.54, 1.807) is 43.3 Å². The number of benzene rings is 2. The average molecular weight is 629 g/mol. The Balaban J connectivity index is 1.53. The van der Waals surface area contributed by atoms with Crippen molar-refractivity contribution in [2.45, 2.75) is 6.92 Å². The number of furan rings is 1. The van der Waals surface area contributed by atoms with Gasteiger partial charge in [0.1, 0.15) is 17.3 Å². The van der Waals surface area contributed by atoms with Gasteiger partial charge in [0.15, 0.2) is 6.61 Å². The van der Waals surface area contributed by atoms with E-state index in [4.69, 9.17) is 13.9 Å². The Bertz CT molecular complexity index is 1120. The van der Waals surface area contributed by atoms with Crippen LogP contribution in [0.1, 0.15) is 23.0 Å². The summed E-state index contributed by atoms with van der Waals surface area (Å²) in [6.07, 6.45) is 1.39. The molecule has 166 valence electrons. The predicted molar refractivity (Wildman–Crippen MR) is 131 cm³/mol. The minimum Gasteiger partial charge on any atom is -0.481 e. The van der Waals surface area contributed by atoms with Gasteiger partial charge in [-0.2, -0.15) is 5.10 Å². The largest absolute Gasteiger partial charge is 0.481 e. The molecule has 7 nitrogen and oxygen atoms in total. The molecule has 3 rings (SSSR count). The molecular formula is C22H17Br3N2O5. The number of nitrogens with one attached hydrogen (secondary N) is 1. The van der Waals surface area contributed by atoms with E-state index in [0.29, 0.717) is 38.4 Å². The summed E-state index contributed by atoms with van der Waals surface area (Å²) >= 11 is 10.2. The molecule has 0 saturated carbocycles. The number of hydrogen-bond donors (Lipinski definition) is 1. The molecule has 0 aliphatic rings. The third-order valence-electron chi connectivity index (χ3n) is 4.00. The molecule has 0 bridgehead atoms. The fourth-order valence-corrected chi connectivity index (χ4v) is 5.05. The zero-order chi connectivity index (χ0) is 23.1. The zero-order valence-electron chi connectivity index (χ0n) is 16.7. The standard InChI is InChI=1S/C22H17Br3N2O5/c1-2-30-22(29)14-5-3-13(4-6-14)19-8-7-16(32-19)11-26-27-20(28)12-31-21-17(24)9-15(23)10-18(21)25/h3-11H,2,12H2,1H3,(H,27,28)/b26-11-. The fourth-order valence-electron chi connectivity index (χ4n) is 2.57. The molecule has 0 atom stereocenters. The van der Waals surface area contributed by atoms with E-state index in [2.05, 4.69) is 58.3 Å². The van der Waals surface area contributed by atoms with Crippen LogP contribution in [0.4, 0.5) is 0 Å². The van der Waals surface area contributed by atoms with Crippen LogP contribution < -0.4 is 10.2 Å². The number of carbonyl (C=O) groups excluding carboxylic acids is 2. The van der Waals surface area contributed by atoms with Crippen LogP contribution in [-0.2, 0) is 9.53 Å². The molecule has 0 spiro atoms. The molecule has 0 aliphatic carbocycles. The second kappa shape index (κ2) is 11.4. The molecule has 0 saturated heterocycles. The number of ether oxygens (including phenoxy) is 2. The number of rotatable bonds is 8. The van der Waals surface area contributed by atoms with E-state index < -0.39 is 5.91 Å². The van der Waals surface area contributed by atoms with Crippen LogP contribution in [-0.4, -0.2) is 31.3 Å². The molecule has 1 aromatic heterocycles. The first kappa shape index (κ1) is 24.2. The number of hydrazone groups is 1.